The molecule has 3 aromatic rings. The van der Waals surface area contributed by atoms with Gasteiger partial charge in [-0.2, -0.15) is 0 Å². The minimum absolute atomic E-state index is 0.620. The molecule has 0 unspecified atom stereocenters. The number of pyridine rings is 1. The monoisotopic (exact) mass is 335 g/mol. The van der Waals surface area contributed by atoms with Gasteiger partial charge in [0.1, 0.15) is 23.2 Å². The van der Waals surface area contributed by atoms with Gasteiger partial charge in [-0.1, -0.05) is 18.2 Å². The molecule has 0 bridgehead atoms. The zero-order chi connectivity index (χ0) is 17.5. The van der Waals surface area contributed by atoms with Crippen LogP contribution in [0, 0.1) is 6.92 Å². The topological polar surface area (TPSA) is 72.0 Å². The molecule has 0 saturated heterocycles. The third kappa shape index (κ3) is 4.91. The zero-order valence-electron chi connectivity index (χ0n) is 14.4. The van der Waals surface area contributed by atoms with Crippen LogP contribution in [-0.2, 0) is 13.1 Å². The summed E-state index contributed by atoms with van der Waals surface area (Å²) in [7, 11) is 1.66. The van der Waals surface area contributed by atoms with Crippen molar-refractivity contribution in [1.29, 1.82) is 0 Å². The second-order valence-electron chi connectivity index (χ2n) is 5.56. The molecule has 2 N–H and O–H groups in total. The standard InChI is InChI=1S/C19H21N5O/c1-14-23-18(21-12-15-6-8-17(25-2)9-7-15)11-19(24-14)22-13-16-5-3-4-10-20-16/h3-11H,12-13H2,1-2H3,(H2,21,22,23,24). The van der Waals surface area contributed by atoms with Crippen LogP contribution in [0.1, 0.15) is 17.1 Å². The Balaban J connectivity index is 1.62. The summed E-state index contributed by atoms with van der Waals surface area (Å²) in [6.07, 6.45) is 1.78. The Morgan fingerprint density at radius 1 is 0.920 bits per heavy atom. The van der Waals surface area contributed by atoms with E-state index >= 15 is 0 Å². The highest BCUT2D eigenvalue weighted by molar-refractivity contribution is 5.48. The average Bonchev–Trinajstić information content (AvgIpc) is 2.66. The summed E-state index contributed by atoms with van der Waals surface area (Å²) in [5.41, 5.74) is 2.12. The van der Waals surface area contributed by atoms with Gasteiger partial charge in [-0.25, -0.2) is 9.97 Å². The lowest BCUT2D eigenvalue weighted by Gasteiger charge is -2.10. The number of hydrogen-bond donors (Lipinski definition) is 2. The normalized spacial score (nSPS) is 10.3. The first kappa shape index (κ1) is 16.7. The van der Waals surface area contributed by atoms with Crippen LogP contribution < -0.4 is 15.4 Å². The predicted octanol–water partition coefficient (Wildman–Crippen LogP) is 3.41. The second-order valence-corrected chi connectivity index (χ2v) is 5.56. The van der Waals surface area contributed by atoms with E-state index in [1.165, 1.54) is 0 Å². The molecule has 0 aliphatic carbocycles. The molecule has 0 saturated carbocycles. The van der Waals surface area contributed by atoms with Crippen LogP contribution in [0.5, 0.6) is 5.75 Å². The summed E-state index contributed by atoms with van der Waals surface area (Å²) in [6.45, 7) is 3.18. The molecule has 25 heavy (non-hydrogen) atoms. The summed E-state index contributed by atoms with van der Waals surface area (Å²) in [4.78, 5) is 13.2. The first-order valence-electron chi connectivity index (χ1n) is 8.09. The fourth-order valence-electron chi connectivity index (χ4n) is 2.37. The third-order valence-electron chi connectivity index (χ3n) is 3.65. The molecule has 0 aliphatic heterocycles. The first-order chi connectivity index (χ1) is 12.2. The van der Waals surface area contributed by atoms with E-state index in [0.717, 1.165) is 28.6 Å². The lowest BCUT2D eigenvalue weighted by Crippen LogP contribution is -2.07. The number of anilines is 2. The Hall–Kier alpha value is -3.15. The molecule has 0 amide bonds. The van der Waals surface area contributed by atoms with Crippen molar-refractivity contribution < 1.29 is 4.74 Å². The molecule has 0 spiro atoms. The van der Waals surface area contributed by atoms with Crippen molar-refractivity contribution in [1.82, 2.24) is 15.0 Å². The summed E-state index contributed by atoms with van der Waals surface area (Å²) >= 11 is 0. The Bertz CT molecular complexity index is 806. The highest BCUT2D eigenvalue weighted by Crippen LogP contribution is 2.15. The number of methoxy groups -OCH3 is 1. The smallest absolute Gasteiger partial charge is 0.132 e. The number of rotatable bonds is 7. The number of hydrogen-bond acceptors (Lipinski definition) is 6. The Labute approximate surface area is 147 Å². The van der Waals surface area contributed by atoms with Crippen molar-refractivity contribution >= 4 is 11.6 Å². The van der Waals surface area contributed by atoms with E-state index in [4.69, 9.17) is 4.74 Å². The SMILES string of the molecule is COc1ccc(CNc2cc(NCc3ccccn3)nc(C)n2)cc1. The Kier molecular flexibility index (Phi) is 5.41. The molecule has 6 nitrogen and oxygen atoms in total. The number of nitrogens with one attached hydrogen (secondary N) is 2. The van der Waals surface area contributed by atoms with Crippen LogP contribution in [0.2, 0.25) is 0 Å². The summed E-state index contributed by atoms with van der Waals surface area (Å²) < 4.78 is 5.17. The second kappa shape index (κ2) is 8.10. The first-order valence-corrected chi connectivity index (χ1v) is 8.09. The zero-order valence-corrected chi connectivity index (χ0v) is 14.4. The van der Waals surface area contributed by atoms with Crippen LogP contribution in [0.25, 0.3) is 0 Å². The molecule has 0 aliphatic rings. The number of benzene rings is 1. The molecule has 0 fully saturated rings. The van der Waals surface area contributed by atoms with Crippen molar-refractivity contribution in [2.24, 2.45) is 0 Å². The summed E-state index contributed by atoms with van der Waals surface area (Å²) in [6, 6.07) is 15.7. The van der Waals surface area contributed by atoms with E-state index in [9.17, 15) is 0 Å². The molecule has 1 aromatic carbocycles. The number of ether oxygens (including phenoxy) is 1. The van der Waals surface area contributed by atoms with Gasteiger partial charge in [-0.15, -0.1) is 0 Å². The molecule has 6 heteroatoms. The van der Waals surface area contributed by atoms with Gasteiger partial charge in [-0.05, 0) is 36.8 Å². The lowest BCUT2D eigenvalue weighted by molar-refractivity contribution is 0.414. The maximum atomic E-state index is 5.17. The van der Waals surface area contributed by atoms with Crippen molar-refractivity contribution in [3.05, 3.63) is 71.8 Å². The number of nitrogens with zero attached hydrogens (tertiary/aromatic N) is 3. The maximum absolute atomic E-state index is 5.17. The Morgan fingerprint density at radius 2 is 1.64 bits per heavy atom. The highest BCUT2D eigenvalue weighted by atomic mass is 16.5. The molecular formula is C19H21N5O. The fraction of sp³-hybridized carbons (Fsp3) is 0.211. The molecule has 2 heterocycles. The van der Waals surface area contributed by atoms with Gasteiger partial charge in [0, 0.05) is 18.8 Å². The maximum Gasteiger partial charge on any atom is 0.132 e. The van der Waals surface area contributed by atoms with Crippen LogP contribution in [0.15, 0.2) is 54.7 Å². The van der Waals surface area contributed by atoms with Crippen LogP contribution >= 0.6 is 0 Å². The minimum atomic E-state index is 0.620. The van der Waals surface area contributed by atoms with Gasteiger partial charge in [0.05, 0.1) is 19.3 Å². The number of aryl methyl sites for hydroxylation is 1. The van der Waals surface area contributed by atoms with E-state index in [-0.39, 0.29) is 0 Å². The van der Waals surface area contributed by atoms with Crippen molar-refractivity contribution in [2.45, 2.75) is 20.0 Å². The molecular weight excluding hydrogens is 314 g/mol. The van der Waals surface area contributed by atoms with Gasteiger partial charge in [0.25, 0.3) is 0 Å². The Morgan fingerprint density at radius 3 is 2.28 bits per heavy atom. The van der Waals surface area contributed by atoms with Crippen molar-refractivity contribution in [3.8, 4) is 5.75 Å². The van der Waals surface area contributed by atoms with Gasteiger partial charge in [0.15, 0.2) is 0 Å². The van der Waals surface area contributed by atoms with Crippen LogP contribution in [0.3, 0.4) is 0 Å². The van der Waals surface area contributed by atoms with Gasteiger partial charge >= 0.3 is 0 Å². The molecule has 0 atom stereocenters. The van der Waals surface area contributed by atoms with E-state index in [1.807, 2.05) is 55.5 Å². The van der Waals surface area contributed by atoms with Crippen LogP contribution in [-0.4, -0.2) is 22.1 Å². The molecule has 3 rings (SSSR count). The van der Waals surface area contributed by atoms with Crippen molar-refractivity contribution in [2.75, 3.05) is 17.7 Å². The van der Waals surface area contributed by atoms with Gasteiger partial charge in [0.2, 0.25) is 0 Å². The predicted molar refractivity (Wildman–Crippen MR) is 98.7 cm³/mol. The van der Waals surface area contributed by atoms with E-state index in [0.29, 0.717) is 18.9 Å². The van der Waals surface area contributed by atoms with Crippen molar-refractivity contribution in [3.63, 3.8) is 0 Å². The van der Waals surface area contributed by atoms with E-state index < -0.39 is 0 Å². The lowest BCUT2D eigenvalue weighted by atomic mass is 10.2. The third-order valence-corrected chi connectivity index (χ3v) is 3.65. The van der Waals surface area contributed by atoms with Crippen LogP contribution in [0.4, 0.5) is 11.6 Å². The number of aromatic nitrogens is 3. The molecule has 2 aromatic heterocycles. The summed E-state index contributed by atoms with van der Waals surface area (Å²) in [5, 5.41) is 6.62. The fourth-order valence-corrected chi connectivity index (χ4v) is 2.37. The largest absolute Gasteiger partial charge is 0.497 e. The van der Waals surface area contributed by atoms with E-state index in [2.05, 4.69) is 25.6 Å². The van der Waals surface area contributed by atoms with Gasteiger partial charge in [-0.3, -0.25) is 4.98 Å². The highest BCUT2D eigenvalue weighted by Gasteiger charge is 2.03. The van der Waals surface area contributed by atoms with E-state index in [1.54, 1.807) is 13.3 Å². The molecule has 0 radical (unpaired) electrons. The molecule has 128 valence electrons. The van der Waals surface area contributed by atoms with Gasteiger partial charge < -0.3 is 15.4 Å². The average molecular weight is 335 g/mol. The minimum Gasteiger partial charge on any atom is -0.497 e. The summed E-state index contributed by atoms with van der Waals surface area (Å²) in [5.74, 6) is 3.12. The quantitative estimate of drug-likeness (QED) is 0.689.